The van der Waals surface area contributed by atoms with Gasteiger partial charge in [-0.25, -0.2) is 30.0 Å². The molecule has 0 fully saturated rings. The molecule has 0 amide bonds. The topological polar surface area (TPSA) is 127 Å². The molecule has 0 radical (unpaired) electrons. The second-order valence-electron chi connectivity index (χ2n) is 8.11. The normalized spacial score (nSPS) is 13.5. The van der Waals surface area contributed by atoms with Crippen LogP contribution in [0.1, 0.15) is 18.5 Å². The smallest absolute Gasteiger partial charge is 0.210 e. The molecule has 1 atom stereocenters. The first kappa shape index (κ1) is 26.2. The number of sulfone groups is 2. The molecule has 36 heavy (non-hydrogen) atoms. The number of hydrogen-bond donors (Lipinski definition) is 1. The molecule has 0 saturated carbocycles. The minimum absolute atomic E-state index is 0.0525. The van der Waals surface area contributed by atoms with Gasteiger partial charge in [0.25, 0.3) is 0 Å². The fourth-order valence-corrected chi connectivity index (χ4v) is 8.30. The number of nitrogens with zero attached hydrogens (tertiary/aromatic N) is 1. The van der Waals surface area contributed by atoms with Gasteiger partial charge in [0.1, 0.15) is 0 Å². The Balaban J connectivity index is 1.84. The van der Waals surface area contributed by atoms with E-state index in [2.05, 4.69) is 9.71 Å². The van der Waals surface area contributed by atoms with Crippen molar-refractivity contribution in [1.82, 2.24) is 9.71 Å². The summed E-state index contributed by atoms with van der Waals surface area (Å²) in [7, 11) is -12.1. The molecule has 0 aliphatic carbocycles. The van der Waals surface area contributed by atoms with Gasteiger partial charge < -0.3 is 0 Å². The van der Waals surface area contributed by atoms with Crippen molar-refractivity contribution in [3.63, 3.8) is 0 Å². The highest BCUT2D eigenvalue weighted by Gasteiger charge is 2.31. The largest absolute Gasteiger partial charge is 0.255 e. The number of hydrogen-bond acceptors (Lipinski definition) is 7. The van der Waals surface area contributed by atoms with Gasteiger partial charge in [-0.15, -0.1) is 0 Å². The molecule has 4 rings (SSSR count). The molecule has 0 aliphatic heterocycles. The molecule has 1 aromatic heterocycles. The highest BCUT2D eigenvalue weighted by molar-refractivity contribution is 7.94. The van der Waals surface area contributed by atoms with Crippen LogP contribution in [-0.2, 0) is 29.7 Å². The first-order valence-electron chi connectivity index (χ1n) is 10.5. The van der Waals surface area contributed by atoms with Crippen molar-refractivity contribution < 1.29 is 25.3 Å². The number of halogens is 1. The van der Waals surface area contributed by atoms with Crippen LogP contribution < -0.4 is 4.72 Å². The monoisotopic (exact) mass is 564 g/mol. The standard InChI is InChI=1S/C24H21ClN2O6S3/c1-16(27-34(2,28)29)17-8-11-20(12-9-17)35(30,31)21-13-10-19(25)15-23(21)36(32,33)22-7-3-5-18-6-4-14-26-24(18)22/h3-16,27H,1-2H3/t16-/m0/s1. The Morgan fingerprint density at radius 3 is 2.11 bits per heavy atom. The van der Waals surface area contributed by atoms with Crippen molar-refractivity contribution in [2.75, 3.05) is 6.26 Å². The van der Waals surface area contributed by atoms with Gasteiger partial charge >= 0.3 is 0 Å². The third-order valence-electron chi connectivity index (χ3n) is 5.45. The number of sulfonamides is 1. The van der Waals surface area contributed by atoms with E-state index in [1.165, 1.54) is 42.6 Å². The number of pyridine rings is 1. The van der Waals surface area contributed by atoms with Crippen LogP contribution in [-0.4, -0.2) is 36.5 Å². The molecular formula is C24H21ClN2O6S3. The zero-order chi connectivity index (χ0) is 26.3. The molecule has 4 aromatic rings. The minimum atomic E-state index is -4.35. The Morgan fingerprint density at radius 2 is 1.44 bits per heavy atom. The van der Waals surface area contributed by atoms with Crippen LogP contribution in [0.2, 0.25) is 5.02 Å². The minimum Gasteiger partial charge on any atom is -0.255 e. The van der Waals surface area contributed by atoms with E-state index in [1.54, 1.807) is 31.2 Å². The summed E-state index contributed by atoms with van der Waals surface area (Å²) in [4.78, 5) is 2.98. The fourth-order valence-electron chi connectivity index (χ4n) is 3.78. The summed E-state index contributed by atoms with van der Waals surface area (Å²) in [5, 5.41) is 0.633. The van der Waals surface area contributed by atoms with Crippen LogP contribution >= 0.6 is 11.6 Å². The van der Waals surface area contributed by atoms with E-state index < -0.39 is 45.5 Å². The first-order valence-corrected chi connectivity index (χ1v) is 15.7. The molecule has 3 aromatic carbocycles. The van der Waals surface area contributed by atoms with Gasteiger partial charge in [-0.3, -0.25) is 4.98 Å². The molecule has 0 spiro atoms. The number of aromatic nitrogens is 1. The predicted molar refractivity (Wildman–Crippen MR) is 137 cm³/mol. The highest BCUT2D eigenvalue weighted by Crippen LogP contribution is 2.35. The number of fused-ring (bicyclic) bond motifs is 1. The summed E-state index contributed by atoms with van der Waals surface area (Å²) in [6, 6.07) is 16.5. The molecular weight excluding hydrogens is 544 g/mol. The maximum atomic E-state index is 13.7. The Morgan fingerprint density at radius 1 is 0.778 bits per heavy atom. The van der Waals surface area contributed by atoms with E-state index in [4.69, 9.17) is 11.6 Å². The zero-order valence-electron chi connectivity index (χ0n) is 19.1. The van der Waals surface area contributed by atoms with Crippen LogP contribution in [0.3, 0.4) is 0 Å². The van der Waals surface area contributed by atoms with Gasteiger partial charge in [0, 0.05) is 22.6 Å². The molecule has 8 nitrogen and oxygen atoms in total. The summed E-state index contributed by atoms with van der Waals surface area (Å²) >= 11 is 6.10. The van der Waals surface area contributed by atoms with E-state index >= 15 is 0 Å². The predicted octanol–water partition coefficient (Wildman–Crippen LogP) is 4.16. The maximum Gasteiger partial charge on any atom is 0.210 e. The molecule has 1 N–H and O–H groups in total. The third kappa shape index (κ3) is 5.16. The number of rotatable bonds is 7. The SMILES string of the molecule is C[C@H](NS(C)(=O)=O)c1ccc(S(=O)(=O)c2ccc(Cl)cc2S(=O)(=O)c2cccc3cccnc23)cc1. The zero-order valence-corrected chi connectivity index (χ0v) is 22.3. The molecule has 1 heterocycles. The van der Waals surface area contributed by atoms with Crippen molar-refractivity contribution in [3.05, 3.63) is 89.6 Å². The lowest BCUT2D eigenvalue weighted by Gasteiger charge is -2.15. The van der Waals surface area contributed by atoms with Gasteiger partial charge in [-0.1, -0.05) is 41.9 Å². The van der Waals surface area contributed by atoms with E-state index in [-0.39, 0.29) is 20.3 Å². The van der Waals surface area contributed by atoms with E-state index in [0.29, 0.717) is 10.9 Å². The maximum absolute atomic E-state index is 13.7. The van der Waals surface area contributed by atoms with Crippen LogP contribution in [0, 0.1) is 0 Å². The first-order chi connectivity index (χ1) is 16.8. The van der Waals surface area contributed by atoms with Crippen LogP contribution in [0.4, 0.5) is 0 Å². The highest BCUT2D eigenvalue weighted by atomic mass is 35.5. The molecule has 0 unspecified atom stereocenters. The third-order valence-corrected chi connectivity index (χ3v) is 10.3. The lowest BCUT2D eigenvalue weighted by atomic mass is 10.1. The van der Waals surface area contributed by atoms with Gasteiger partial charge in [0.05, 0.1) is 31.4 Å². The molecule has 188 valence electrons. The summed E-state index contributed by atoms with van der Waals surface area (Å²) in [5.74, 6) is 0. The van der Waals surface area contributed by atoms with Crippen molar-refractivity contribution in [2.24, 2.45) is 0 Å². The Labute approximate surface area is 214 Å². The van der Waals surface area contributed by atoms with E-state index in [9.17, 15) is 25.3 Å². The second-order valence-corrected chi connectivity index (χ2v) is 14.1. The fraction of sp³-hybridized carbons (Fsp3) is 0.125. The average Bonchev–Trinajstić information content (AvgIpc) is 2.82. The van der Waals surface area contributed by atoms with Crippen LogP contribution in [0.15, 0.2) is 98.6 Å². The van der Waals surface area contributed by atoms with Crippen molar-refractivity contribution in [2.45, 2.75) is 32.5 Å². The summed E-state index contributed by atoms with van der Waals surface area (Å²) < 4.78 is 80.1. The van der Waals surface area contributed by atoms with Crippen LogP contribution in [0.25, 0.3) is 10.9 Å². The lowest BCUT2D eigenvalue weighted by Crippen LogP contribution is -2.25. The van der Waals surface area contributed by atoms with E-state index in [1.807, 2.05) is 0 Å². The number of para-hydroxylation sites is 1. The van der Waals surface area contributed by atoms with Crippen molar-refractivity contribution in [1.29, 1.82) is 0 Å². The van der Waals surface area contributed by atoms with E-state index in [0.717, 1.165) is 18.4 Å². The Bertz CT molecular complexity index is 1780. The van der Waals surface area contributed by atoms with Gasteiger partial charge in [0.2, 0.25) is 29.7 Å². The summed E-state index contributed by atoms with van der Waals surface area (Å²) in [6.45, 7) is 1.62. The van der Waals surface area contributed by atoms with Gasteiger partial charge in [0.15, 0.2) is 0 Å². The van der Waals surface area contributed by atoms with Crippen LogP contribution in [0.5, 0.6) is 0 Å². The Kier molecular flexibility index (Phi) is 6.97. The summed E-state index contributed by atoms with van der Waals surface area (Å²) in [5.41, 5.74) is 0.741. The average molecular weight is 565 g/mol. The molecule has 0 aliphatic rings. The molecule has 0 saturated heterocycles. The Hall–Kier alpha value is -2.83. The second kappa shape index (κ2) is 9.56. The molecule has 12 heteroatoms. The lowest BCUT2D eigenvalue weighted by molar-refractivity contribution is 0.572. The van der Waals surface area contributed by atoms with Crippen molar-refractivity contribution in [3.8, 4) is 0 Å². The summed E-state index contributed by atoms with van der Waals surface area (Å²) in [6.07, 6.45) is 2.48. The van der Waals surface area contributed by atoms with Gasteiger partial charge in [-0.05, 0) is 55.0 Å². The molecule has 0 bridgehead atoms. The number of benzene rings is 3. The number of nitrogens with one attached hydrogen (secondary N) is 1. The quantitative estimate of drug-likeness (QED) is 0.357. The van der Waals surface area contributed by atoms with Crippen molar-refractivity contribution >= 4 is 52.2 Å². The van der Waals surface area contributed by atoms with Gasteiger partial charge in [-0.2, -0.15) is 0 Å².